The van der Waals surface area contributed by atoms with Crippen molar-refractivity contribution in [2.24, 2.45) is 0 Å². The van der Waals surface area contributed by atoms with Gasteiger partial charge < -0.3 is 4.42 Å². The van der Waals surface area contributed by atoms with Crippen molar-refractivity contribution in [1.82, 2.24) is 15.0 Å². The number of aromatic nitrogens is 3. The van der Waals surface area contributed by atoms with E-state index in [1.807, 2.05) is 54.6 Å². The average Bonchev–Trinajstić information content (AvgIpc) is 3.53. The van der Waals surface area contributed by atoms with Crippen LogP contribution in [0.3, 0.4) is 0 Å². The first-order chi connectivity index (χ1) is 23.3. The summed E-state index contributed by atoms with van der Waals surface area (Å²) in [6.07, 6.45) is 0. The Balaban J connectivity index is 1.17. The van der Waals surface area contributed by atoms with Crippen molar-refractivity contribution in [3.63, 3.8) is 0 Å². The summed E-state index contributed by atoms with van der Waals surface area (Å²) >= 11 is 0. The fraction of sp³-hybridized carbons (Fsp3) is 0. The summed E-state index contributed by atoms with van der Waals surface area (Å²) in [5, 5.41) is 4.51. The van der Waals surface area contributed by atoms with Crippen LogP contribution in [0, 0.1) is 0 Å². The summed E-state index contributed by atoms with van der Waals surface area (Å²) in [7, 11) is 0. The molecule has 47 heavy (non-hydrogen) atoms. The highest BCUT2D eigenvalue weighted by molar-refractivity contribution is 6.06. The van der Waals surface area contributed by atoms with E-state index >= 15 is 0 Å². The van der Waals surface area contributed by atoms with Crippen molar-refractivity contribution < 1.29 is 4.42 Å². The lowest BCUT2D eigenvalue weighted by molar-refractivity contribution is 0.669. The Morgan fingerprint density at radius 1 is 0.340 bits per heavy atom. The summed E-state index contributed by atoms with van der Waals surface area (Å²) in [6.45, 7) is 0. The van der Waals surface area contributed by atoms with Crippen molar-refractivity contribution in [1.29, 1.82) is 0 Å². The van der Waals surface area contributed by atoms with E-state index in [4.69, 9.17) is 19.4 Å². The summed E-state index contributed by atoms with van der Waals surface area (Å²) in [5.41, 5.74) is 9.10. The van der Waals surface area contributed by atoms with Crippen molar-refractivity contribution in [2.45, 2.75) is 0 Å². The standard InChI is InChI=1S/C43H27N3O/c1-3-11-29(12-4-1)34-18-9-15-30-16-10-19-37(40(30)34)43-45-41(31-13-5-2-6-14-31)44-42(46-43)32-23-21-28(22-24-32)33-25-26-36-35-17-7-8-20-38(35)47-39(36)27-33/h1-27H. The molecule has 0 atom stereocenters. The van der Waals surface area contributed by atoms with Crippen LogP contribution in [0.4, 0.5) is 0 Å². The van der Waals surface area contributed by atoms with Crippen LogP contribution >= 0.6 is 0 Å². The van der Waals surface area contributed by atoms with E-state index in [0.717, 1.165) is 71.7 Å². The van der Waals surface area contributed by atoms with Gasteiger partial charge in [-0.25, -0.2) is 15.0 Å². The van der Waals surface area contributed by atoms with Crippen molar-refractivity contribution in [3.05, 3.63) is 164 Å². The normalized spacial score (nSPS) is 11.4. The molecule has 4 nitrogen and oxygen atoms in total. The molecule has 0 bridgehead atoms. The highest BCUT2D eigenvalue weighted by Gasteiger charge is 2.17. The lowest BCUT2D eigenvalue weighted by atomic mass is 9.94. The molecule has 9 rings (SSSR count). The van der Waals surface area contributed by atoms with Gasteiger partial charge in [0.25, 0.3) is 0 Å². The Bertz CT molecular complexity index is 2550. The van der Waals surface area contributed by atoms with Gasteiger partial charge >= 0.3 is 0 Å². The SMILES string of the molecule is c1ccc(-c2nc(-c3ccc(-c4ccc5c(c4)oc4ccccc45)cc3)nc(-c3cccc4cccc(-c5ccccc5)c34)n2)cc1. The molecule has 0 amide bonds. The smallest absolute Gasteiger partial charge is 0.164 e. The molecule has 0 aliphatic rings. The fourth-order valence-corrected chi connectivity index (χ4v) is 6.44. The molecule has 0 spiro atoms. The third-order valence-corrected chi connectivity index (χ3v) is 8.75. The van der Waals surface area contributed by atoms with Gasteiger partial charge in [-0.3, -0.25) is 0 Å². The van der Waals surface area contributed by atoms with Gasteiger partial charge in [-0.05, 0) is 45.8 Å². The maximum atomic E-state index is 6.16. The lowest BCUT2D eigenvalue weighted by Crippen LogP contribution is -2.01. The second-order valence-electron chi connectivity index (χ2n) is 11.6. The van der Waals surface area contributed by atoms with Gasteiger partial charge in [0, 0.05) is 32.8 Å². The monoisotopic (exact) mass is 601 g/mol. The summed E-state index contributed by atoms with van der Waals surface area (Å²) in [6, 6.07) is 56.3. The van der Waals surface area contributed by atoms with Gasteiger partial charge in [-0.2, -0.15) is 0 Å². The third-order valence-electron chi connectivity index (χ3n) is 8.75. The highest BCUT2D eigenvalue weighted by Crippen LogP contribution is 2.37. The van der Waals surface area contributed by atoms with Crippen LogP contribution in [-0.2, 0) is 0 Å². The molecule has 0 N–H and O–H groups in total. The van der Waals surface area contributed by atoms with Gasteiger partial charge in [0.2, 0.25) is 0 Å². The zero-order chi connectivity index (χ0) is 31.2. The fourth-order valence-electron chi connectivity index (χ4n) is 6.44. The molecule has 220 valence electrons. The van der Waals surface area contributed by atoms with Crippen LogP contribution in [0.15, 0.2) is 168 Å². The number of furan rings is 1. The van der Waals surface area contributed by atoms with Crippen LogP contribution in [0.1, 0.15) is 0 Å². The number of fused-ring (bicyclic) bond motifs is 4. The largest absolute Gasteiger partial charge is 0.456 e. The number of para-hydroxylation sites is 1. The second-order valence-corrected chi connectivity index (χ2v) is 11.6. The summed E-state index contributed by atoms with van der Waals surface area (Å²) in [5.74, 6) is 1.91. The molecule has 0 saturated carbocycles. The molecule has 4 heteroatoms. The van der Waals surface area contributed by atoms with E-state index in [-0.39, 0.29) is 0 Å². The molecule has 0 unspecified atom stereocenters. The van der Waals surface area contributed by atoms with Gasteiger partial charge in [0.15, 0.2) is 17.5 Å². The molecule has 0 saturated heterocycles. The van der Waals surface area contributed by atoms with Crippen molar-refractivity contribution >= 4 is 32.7 Å². The second kappa shape index (κ2) is 11.2. The molecular formula is C43H27N3O. The highest BCUT2D eigenvalue weighted by atomic mass is 16.3. The van der Waals surface area contributed by atoms with E-state index in [1.165, 1.54) is 0 Å². The summed E-state index contributed by atoms with van der Waals surface area (Å²) in [4.78, 5) is 15.2. The van der Waals surface area contributed by atoms with E-state index < -0.39 is 0 Å². The average molecular weight is 602 g/mol. The minimum Gasteiger partial charge on any atom is -0.456 e. The third kappa shape index (κ3) is 4.84. The number of hydrogen-bond acceptors (Lipinski definition) is 4. The molecule has 7 aromatic carbocycles. The van der Waals surface area contributed by atoms with Crippen LogP contribution in [-0.4, -0.2) is 15.0 Å². The van der Waals surface area contributed by atoms with E-state index in [2.05, 4.69) is 109 Å². The Hall–Kier alpha value is -6.39. The Morgan fingerprint density at radius 2 is 0.894 bits per heavy atom. The maximum absolute atomic E-state index is 6.16. The topological polar surface area (TPSA) is 51.8 Å². The van der Waals surface area contributed by atoms with Crippen LogP contribution in [0.2, 0.25) is 0 Å². The zero-order valence-electron chi connectivity index (χ0n) is 25.3. The minimum absolute atomic E-state index is 0.627. The van der Waals surface area contributed by atoms with Crippen molar-refractivity contribution in [3.8, 4) is 56.4 Å². The Morgan fingerprint density at radius 3 is 1.64 bits per heavy atom. The van der Waals surface area contributed by atoms with Gasteiger partial charge in [0.1, 0.15) is 11.2 Å². The number of rotatable bonds is 5. The van der Waals surface area contributed by atoms with E-state index in [9.17, 15) is 0 Å². The van der Waals surface area contributed by atoms with E-state index in [0.29, 0.717) is 17.5 Å². The first kappa shape index (κ1) is 27.0. The quantitative estimate of drug-likeness (QED) is 0.197. The number of benzene rings is 7. The van der Waals surface area contributed by atoms with Crippen molar-refractivity contribution in [2.75, 3.05) is 0 Å². The van der Waals surface area contributed by atoms with Crippen LogP contribution in [0.25, 0.3) is 89.1 Å². The van der Waals surface area contributed by atoms with Gasteiger partial charge in [0.05, 0.1) is 0 Å². The molecule has 0 aliphatic carbocycles. The van der Waals surface area contributed by atoms with Crippen LogP contribution in [0.5, 0.6) is 0 Å². The molecule has 2 heterocycles. The Kier molecular flexibility index (Phi) is 6.43. The Labute approximate surface area is 271 Å². The minimum atomic E-state index is 0.627. The molecule has 2 aromatic heterocycles. The summed E-state index contributed by atoms with van der Waals surface area (Å²) < 4.78 is 6.16. The first-order valence-corrected chi connectivity index (χ1v) is 15.7. The van der Waals surface area contributed by atoms with Crippen LogP contribution < -0.4 is 0 Å². The molecular weight excluding hydrogens is 574 g/mol. The number of hydrogen-bond donors (Lipinski definition) is 0. The number of nitrogens with zero attached hydrogens (tertiary/aromatic N) is 3. The predicted molar refractivity (Wildman–Crippen MR) is 192 cm³/mol. The molecule has 0 aliphatic heterocycles. The van der Waals surface area contributed by atoms with Gasteiger partial charge in [-0.15, -0.1) is 0 Å². The maximum Gasteiger partial charge on any atom is 0.164 e. The molecule has 0 fully saturated rings. The lowest BCUT2D eigenvalue weighted by Gasteiger charge is -2.13. The van der Waals surface area contributed by atoms with Gasteiger partial charge in [-0.1, -0.05) is 146 Å². The zero-order valence-corrected chi connectivity index (χ0v) is 25.3. The predicted octanol–water partition coefficient (Wildman–Crippen LogP) is 11.3. The first-order valence-electron chi connectivity index (χ1n) is 15.7. The molecule has 0 radical (unpaired) electrons. The van der Waals surface area contributed by atoms with E-state index in [1.54, 1.807) is 0 Å². The molecule has 9 aromatic rings.